The lowest BCUT2D eigenvalue weighted by atomic mass is 10.1. The van der Waals surface area contributed by atoms with Crippen LogP contribution >= 0.6 is 22.6 Å². The molecule has 0 saturated carbocycles. The lowest BCUT2D eigenvalue weighted by Crippen LogP contribution is -1.87. The molecule has 1 nitrogen and oxygen atoms in total. The number of benzene rings is 1. The number of hydrogen-bond donors (Lipinski definition) is 1. The van der Waals surface area contributed by atoms with Crippen molar-refractivity contribution >= 4 is 22.6 Å². The van der Waals surface area contributed by atoms with Gasteiger partial charge in [0.05, 0.1) is 0 Å². The minimum Gasteiger partial charge on any atom is -0.365 e. The lowest BCUT2D eigenvalue weighted by molar-refractivity contribution is 1.11. The summed E-state index contributed by atoms with van der Waals surface area (Å²) < 4.78 is 1.29. The van der Waals surface area contributed by atoms with Gasteiger partial charge in [-0.15, -0.1) is 0 Å². The van der Waals surface area contributed by atoms with Gasteiger partial charge in [-0.3, -0.25) is 0 Å². The summed E-state index contributed by atoms with van der Waals surface area (Å²) in [6.45, 7) is 0. The summed E-state index contributed by atoms with van der Waals surface area (Å²) in [4.78, 5) is 3.20. The maximum absolute atomic E-state index is 3.20. The summed E-state index contributed by atoms with van der Waals surface area (Å²) in [5.74, 6) is 0. The summed E-state index contributed by atoms with van der Waals surface area (Å²) in [5.41, 5.74) is 2.61. The zero-order valence-electron chi connectivity index (χ0n) is 7.13. The SMILES string of the molecule is Ic1ccc(Cc2ccc[nH]2)cc1. The van der Waals surface area contributed by atoms with Gasteiger partial charge in [-0.1, -0.05) is 12.1 Å². The molecule has 0 saturated heterocycles. The third-order valence-corrected chi connectivity index (χ3v) is 2.69. The van der Waals surface area contributed by atoms with E-state index in [1.165, 1.54) is 14.8 Å². The zero-order valence-corrected chi connectivity index (χ0v) is 9.28. The Hall–Kier alpha value is -0.770. The van der Waals surface area contributed by atoms with Crippen LogP contribution in [-0.4, -0.2) is 4.98 Å². The van der Waals surface area contributed by atoms with Crippen LogP contribution in [0.4, 0.5) is 0 Å². The van der Waals surface area contributed by atoms with Gasteiger partial charge in [-0.05, 0) is 52.4 Å². The molecule has 2 aromatic rings. The highest BCUT2D eigenvalue weighted by Crippen LogP contribution is 2.10. The maximum Gasteiger partial charge on any atom is 0.0191 e. The third kappa shape index (κ3) is 2.34. The van der Waals surface area contributed by atoms with E-state index in [-0.39, 0.29) is 0 Å². The smallest absolute Gasteiger partial charge is 0.0191 e. The standard InChI is InChI=1S/C11H10IN/c12-10-5-3-9(4-6-10)8-11-2-1-7-13-11/h1-7,13H,8H2. The fraction of sp³-hybridized carbons (Fsp3) is 0.0909. The van der Waals surface area contributed by atoms with Crippen LogP contribution < -0.4 is 0 Å². The third-order valence-electron chi connectivity index (χ3n) is 1.97. The Labute approximate surface area is 91.3 Å². The van der Waals surface area contributed by atoms with Crippen molar-refractivity contribution in [2.75, 3.05) is 0 Å². The Bertz CT molecular complexity index is 361. The van der Waals surface area contributed by atoms with Crippen LogP contribution in [-0.2, 0) is 6.42 Å². The topological polar surface area (TPSA) is 15.8 Å². The Morgan fingerprint density at radius 1 is 1.08 bits per heavy atom. The molecule has 0 bridgehead atoms. The van der Waals surface area contributed by atoms with Crippen molar-refractivity contribution in [3.8, 4) is 0 Å². The van der Waals surface area contributed by atoms with Crippen molar-refractivity contribution in [3.63, 3.8) is 0 Å². The Morgan fingerprint density at radius 2 is 1.85 bits per heavy atom. The van der Waals surface area contributed by atoms with Crippen LogP contribution in [0.15, 0.2) is 42.6 Å². The van der Waals surface area contributed by atoms with E-state index in [0.29, 0.717) is 0 Å². The van der Waals surface area contributed by atoms with Gasteiger partial charge in [0.2, 0.25) is 0 Å². The predicted octanol–water partition coefficient (Wildman–Crippen LogP) is 3.21. The highest BCUT2D eigenvalue weighted by atomic mass is 127. The molecule has 1 heterocycles. The highest BCUT2D eigenvalue weighted by molar-refractivity contribution is 14.1. The highest BCUT2D eigenvalue weighted by Gasteiger charge is 1.95. The predicted molar refractivity (Wildman–Crippen MR) is 62.8 cm³/mol. The molecule has 66 valence electrons. The summed E-state index contributed by atoms with van der Waals surface area (Å²) in [6, 6.07) is 12.8. The lowest BCUT2D eigenvalue weighted by Gasteiger charge is -1.98. The van der Waals surface area contributed by atoms with Gasteiger partial charge in [-0.25, -0.2) is 0 Å². The average Bonchev–Trinajstić information content (AvgIpc) is 2.62. The molecule has 0 radical (unpaired) electrons. The van der Waals surface area contributed by atoms with E-state index in [4.69, 9.17) is 0 Å². The van der Waals surface area contributed by atoms with E-state index in [1.807, 2.05) is 12.3 Å². The molecule has 13 heavy (non-hydrogen) atoms. The van der Waals surface area contributed by atoms with Gasteiger partial charge in [0.25, 0.3) is 0 Å². The Kier molecular flexibility index (Phi) is 2.68. The van der Waals surface area contributed by atoms with E-state index in [2.05, 4.69) is 57.9 Å². The van der Waals surface area contributed by atoms with E-state index in [0.717, 1.165) is 6.42 Å². The summed E-state index contributed by atoms with van der Waals surface area (Å²) in [5, 5.41) is 0. The van der Waals surface area contributed by atoms with Crippen molar-refractivity contribution < 1.29 is 0 Å². The molecule has 0 atom stereocenters. The molecule has 0 aliphatic heterocycles. The minimum absolute atomic E-state index is 0.990. The van der Waals surface area contributed by atoms with Gasteiger partial charge < -0.3 is 4.98 Å². The Balaban J connectivity index is 2.15. The second-order valence-corrected chi connectivity index (χ2v) is 4.24. The van der Waals surface area contributed by atoms with E-state index in [9.17, 15) is 0 Å². The van der Waals surface area contributed by atoms with Gasteiger partial charge in [-0.2, -0.15) is 0 Å². The van der Waals surface area contributed by atoms with E-state index < -0.39 is 0 Å². The van der Waals surface area contributed by atoms with Crippen LogP contribution in [0.5, 0.6) is 0 Å². The molecule has 0 amide bonds. The second kappa shape index (κ2) is 3.96. The maximum atomic E-state index is 3.20. The number of rotatable bonds is 2. The van der Waals surface area contributed by atoms with Crippen LogP contribution in [0.1, 0.15) is 11.3 Å². The molecule has 2 rings (SSSR count). The molecule has 1 aromatic carbocycles. The number of halogens is 1. The number of aromatic nitrogens is 1. The number of H-pyrrole nitrogens is 1. The summed E-state index contributed by atoms with van der Waals surface area (Å²) in [7, 11) is 0. The molecule has 1 aromatic heterocycles. The molecule has 2 heteroatoms. The van der Waals surface area contributed by atoms with Gasteiger partial charge in [0.1, 0.15) is 0 Å². The van der Waals surface area contributed by atoms with E-state index >= 15 is 0 Å². The van der Waals surface area contributed by atoms with Crippen LogP contribution in [0.25, 0.3) is 0 Å². The number of aromatic amines is 1. The van der Waals surface area contributed by atoms with Crippen LogP contribution in [0.2, 0.25) is 0 Å². The molecule has 0 fully saturated rings. The number of nitrogens with one attached hydrogen (secondary N) is 1. The molecule has 1 N–H and O–H groups in total. The van der Waals surface area contributed by atoms with Crippen molar-refractivity contribution in [1.29, 1.82) is 0 Å². The van der Waals surface area contributed by atoms with Crippen molar-refractivity contribution in [3.05, 3.63) is 57.4 Å². The zero-order chi connectivity index (χ0) is 9.10. The van der Waals surface area contributed by atoms with Crippen molar-refractivity contribution in [1.82, 2.24) is 4.98 Å². The quantitative estimate of drug-likeness (QED) is 0.815. The van der Waals surface area contributed by atoms with Crippen LogP contribution in [0, 0.1) is 3.57 Å². The van der Waals surface area contributed by atoms with Crippen molar-refractivity contribution in [2.45, 2.75) is 6.42 Å². The summed E-state index contributed by atoms with van der Waals surface area (Å²) in [6.07, 6.45) is 2.95. The first-order chi connectivity index (χ1) is 6.34. The minimum atomic E-state index is 0.990. The fourth-order valence-electron chi connectivity index (χ4n) is 1.30. The number of hydrogen-bond acceptors (Lipinski definition) is 0. The van der Waals surface area contributed by atoms with Crippen LogP contribution in [0.3, 0.4) is 0 Å². The first kappa shape index (κ1) is 8.81. The van der Waals surface area contributed by atoms with E-state index in [1.54, 1.807) is 0 Å². The van der Waals surface area contributed by atoms with Gasteiger partial charge >= 0.3 is 0 Å². The molecular formula is C11H10IN. The molecule has 0 aliphatic carbocycles. The second-order valence-electron chi connectivity index (χ2n) is 3.00. The fourth-order valence-corrected chi connectivity index (χ4v) is 1.66. The Morgan fingerprint density at radius 3 is 2.46 bits per heavy atom. The largest absolute Gasteiger partial charge is 0.365 e. The molecule has 0 unspecified atom stereocenters. The monoisotopic (exact) mass is 283 g/mol. The average molecular weight is 283 g/mol. The molecule has 0 aliphatic rings. The first-order valence-electron chi connectivity index (χ1n) is 4.21. The molecule has 0 spiro atoms. The molecular weight excluding hydrogens is 273 g/mol. The first-order valence-corrected chi connectivity index (χ1v) is 5.29. The normalized spacial score (nSPS) is 10.2. The van der Waals surface area contributed by atoms with Crippen molar-refractivity contribution in [2.24, 2.45) is 0 Å². The summed E-state index contributed by atoms with van der Waals surface area (Å²) >= 11 is 2.32. The van der Waals surface area contributed by atoms with Gasteiger partial charge in [0.15, 0.2) is 0 Å². The van der Waals surface area contributed by atoms with Gasteiger partial charge in [0, 0.05) is 21.9 Å².